The lowest BCUT2D eigenvalue weighted by atomic mass is 10.0. The molecule has 5 aromatic rings. The van der Waals surface area contributed by atoms with Crippen LogP contribution in [0.1, 0.15) is 21.6 Å². The topological polar surface area (TPSA) is 78.3 Å². The number of aromatic nitrogens is 2. The summed E-state index contributed by atoms with van der Waals surface area (Å²) in [5.41, 5.74) is 3.72. The van der Waals surface area contributed by atoms with Crippen LogP contribution in [0.5, 0.6) is 0 Å². The summed E-state index contributed by atoms with van der Waals surface area (Å²) in [4.78, 5) is 17.5. The Bertz CT molecular complexity index is 1670. The summed E-state index contributed by atoms with van der Waals surface area (Å²) in [5.74, 6) is -0.574. The van der Waals surface area contributed by atoms with Crippen LogP contribution in [0.3, 0.4) is 0 Å². The number of aryl methyl sites for hydroxylation is 2. The van der Waals surface area contributed by atoms with Crippen molar-refractivity contribution in [2.45, 2.75) is 18.7 Å². The molecule has 170 valence electrons. The van der Waals surface area contributed by atoms with E-state index in [9.17, 15) is 13.2 Å². The second-order valence-corrected chi connectivity index (χ2v) is 9.90. The Balaban J connectivity index is 2.02. The third kappa shape index (κ3) is 3.28. The van der Waals surface area contributed by atoms with E-state index in [1.807, 2.05) is 49.4 Å². The third-order valence-electron chi connectivity index (χ3n) is 6.00. The van der Waals surface area contributed by atoms with E-state index >= 15 is 0 Å². The van der Waals surface area contributed by atoms with Gasteiger partial charge in [0.2, 0.25) is 0 Å². The summed E-state index contributed by atoms with van der Waals surface area (Å²) < 4.78 is 34.4. The molecule has 6 nitrogen and oxygen atoms in total. The molecule has 0 fully saturated rings. The molecule has 3 aromatic carbocycles. The van der Waals surface area contributed by atoms with Gasteiger partial charge in [0, 0.05) is 16.3 Å². The van der Waals surface area contributed by atoms with Crippen LogP contribution < -0.4 is 0 Å². The molecule has 0 amide bonds. The van der Waals surface area contributed by atoms with Crippen LogP contribution in [-0.2, 0) is 14.8 Å². The smallest absolute Gasteiger partial charge is 0.356 e. The molecule has 0 aliphatic heterocycles. The largest absolute Gasteiger partial charge is 0.464 e. The van der Waals surface area contributed by atoms with E-state index in [0.29, 0.717) is 33.2 Å². The molecule has 0 spiro atoms. The maximum absolute atomic E-state index is 14.0. The Morgan fingerprint density at radius 3 is 2.21 bits per heavy atom. The fourth-order valence-corrected chi connectivity index (χ4v) is 5.86. The predicted molar refractivity (Wildman–Crippen MR) is 133 cm³/mol. The van der Waals surface area contributed by atoms with Crippen molar-refractivity contribution in [3.8, 4) is 11.3 Å². The normalized spacial score (nSPS) is 11.7. The Labute approximate surface area is 197 Å². The highest BCUT2D eigenvalue weighted by Crippen LogP contribution is 2.40. The van der Waals surface area contributed by atoms with Gasteiger partial charge in [0.1, 0.15) is 0 Å². The molecule has 5 rings (SSSR count). The molecule has 0 radical (unpaired) electrons. The highest BCUT2D eigenvalue weighted by atomic mass is 32.2. The molecule has 0 saturated carbocycles. The fraction of sp³-hybridized carbons (Fsp3) is 0.111. The Hall–Kier alpha value is -3.97. The van der Waals surface area contributed by atoms with Gasteiger partial charge in [0.25, 0.3) is 10.0 Å². The molecule has 0 unspecified atom stereocenters. The summed E-state index contributed by atoms with van der Waals surface area (Å²) in [5, 5.41) is 1.37. The van der Waals surface area contributed by atoms with Crippen molar-refractivity contribution in [1.82, 2.24) is 8.96 Å². The van der Waals surface area contributed by atoms with E-state index < -0.39 is 16.0 Å². The molecule has 7 heteroatoms. The van der Waals surface area contributed by atoms with Crippen LogP contribution in [0, 0.1) is 13.8 Å². The molecule has 0 N–H and O–H groups in total. The Kier molecular flexibility index (Phi) is 5.21. The minimum absolute atomic E-state index is 0.157. The molecular formula is C27H22N2O4S. The number of ether oxygens (including phenoxy) is 1. The maximum atomic E-state index is 14.0. The average Bonchev–Trinajstić information content (AvgIpc) is 3.21. The number of esters is 1. The molecule has 0 aliphatic carbocycles. The maximum Gasteiger partial charge on any atom is 0.356 e. The lowest BCUT2D eigenvalue weighted by molar-refractivity contribution is 0.0593. The van der Waals surface area contributed by atoms with Gasteiger partial charge in [0.15, 0.2) is 5.69 Å². The van der Waals surface area contributed by atoms with Crippen molar-refractivity contribution in [3.05, 3.63) is 95.7 Å². The minimum atomic E-state index is -3.99. The summed E-state index contributed by atoms with van der Waals surface area (Å²) >= 11 is 0. The zero-order valence-corrected chi connectivity index (χ0v) is 19.8. The lowest BCUT2D eigenvalue weighted by Gasteiger charge is -2.14. The van der Waals surface area contributed by atoms with E-state index in [1.54, 1.807) is 43.3 Å². The van der Waals surface area contributed by atoms with Crippen molar-refractivity contribution in [2.24, 2.45) is 0 Å². The van der Waals surface area contributed by atoms with Gasteiger partial charge in [-0.3, -0.25) is 0 Å². The SMILES string of the molecule is COC(=O)c1nc(-c2ccccc2)c2c(c1C)c1ccccc1n2S(=O)(=O)c1ccc(C)cc1. The number of carbonyl (C=O) groups excluding carboxylic acids is 1. The summed E-state index contributed by atoms with van der Waals surface area (Å²) in [7, 11) is -2.68. The van der Waals surface area contributed by atoms with Crippen LogP contribution >= 0.6 is 0 Å². The average molecular weight is 471 g/mol. The molecule has 2 heterocycles. The molecule has 0 saturated heterocycles. The van der Waals surface area contributed by atoms with Crippen molar-refractivity contribution in [2.75, 3.05) is 7.11 Å². The number of nitrogens with zero attached hydrogens (tertiary/aromatic N) is 2. The second-order valence-electron chi connectivity index (χ2n) is 8.11. The van der Waals surface area contributed by atoms with Gasteiger partial charge in [-0.15, -0.1) is 0 Å². The molecule has 0 atom stereocenters. The van der Waals surface area contributed by atoms with Gasteiger partial charge < -0.3 is 4.74 Å². The number of fused-ring (bicyclic) bond motifs is 3. The number of para-hydroxylation sites is 1. The molecule has 2 aromatic heterocycles. The quantitative estimate of drug-likeness (QED) is 0.324. The van der Waals surface area contributed by atoms with Gasteiger partial charge in [0.05, 0.1) is 28.7 Å². The van der Waals surface area contributed by atoms with E-state index in [1.165, 1.54) is 11.1 Å². The van der Waals surface area contributed by atoms with Crippen molar-refractivity contribution in [1.29, 1.82) is 0 Å². The first-order chi connectivity index (χ1) is 16.3. The first kappa shape index (κ1) is 21.9. The van der Waals surface area contributed by atoms with Crippen molar-refractivity contribution in [3.63, 3.8) is 0 Å². The van der Waals surface area contributed by atoms with Gasteiger partial charge >= 0.3 is 5.97 Å². The minimum Gasteiger partial charge on any atom is -0.464 e. The standard InChI is InChI=1S/C27H22N2O4S/c1-17-13-15-20(16-14-17)34(31,32)29-22-12-8-7-11-21(22)23-18(2)24(27(30)33-3)28-25(26(23)29)19-9-5-4-6-10-19/h4-16H,1-3H3. The van der Waals surface area contributed by atoms with E-state index in [-0.39, 0.29) is 10.6 Å². The van der Waals surface area contributed by atoms with Crippen molar-refractivity contribution < 1.29 is 17.9 Å². The number of benzene rings is 3. The Morgan fingerprint density at radius 2 is 1.53 bits per heavy atom. The van der Waals surface area contributed by atoms with Crippen LogP contribution in [0.4, 0.5) is 0 Å². The number of pyridine rings is 1. The van der Waals surface area contributed by atoms with Gasteiger partial charge in [-0.25, -0.2) is 22.2 Å². The predicted octanol–water partition coefficient (Wildman–Crippen LogP) is 5.50. The first-order valence-corrected chi connectivity index (χ1v) is 12.2. The number of carbonyl (C=O) groups is 1. The molecular weight excluding hydrogens is 448 g/mol. The van der Waals surface area contributed by atoms with E-state index in [4.69, 9.17) is 4.74 Å². The van der Waals surface area contributed by atoms with E-state index in [2.05, 4.69) is 4.98 Å². The van der Waals surface area contributed by atoms with Gasteiger partial charge in [-0.1, -0.05) is 66.2 Å². The fourth-order valence-electron chi connectivity index (χ4n) is 4.33. The number of hydrogen-bond acceptors (Lipinski definition) is 5. The number of rotatable bonds is 4. The number of hydrogen-bond donors (Lipinski definition) is 0. The number of methoxy groups -OCH3 is 1. The van der Waals surface area contributed by atoms with Gasteiger partial charge in [-0.2, -0.15) is 0 Å². The van der Waals surface area contributed by atoms with E-state index in [0.717, 1.165) is 10.9 Å². The highest BCUT2D eigenvalue weighted by Gasteiger charge is 2.29. The Morgan fingerprint density at radius 1 is 0.882 bits per heavy atom. The summed E-state index contributed by atoms with van der Waals surface area (Å²) in [6.07, 6.45) is 0. The first-order valence-electron chi connectivity index (χ1n) is 10.7. The summed E-state index contributed by atoms with van der Waals surface area (Å²) in [6.45, 7) is 3.68. The lowest BCUT2D eigenvalue weighted by Crippen LogP contribution is -2.15. The second kappa shape index (κ2) is 8.11. The van der Waals surface area contributed by atoms with Crippen LogP contribution in [-0.4, -0.2) is 30.5 Å². The van der Waals surface area contributed by atoms with Crippen LogP contribution in [0.15, 0.2) is 83.8 Å². The monoisotopic (exact) mass is 470 g/mol. The zero-order valence-electron chi connectivity index (χ0n) is 18.9. The van der Waals surface area contributed by atoms with Gasteiger partial charge in [-0.05, 0) is 37.6 Å². The molecule has 34 heavy (non-hydrogen) atoms. The van der Waals surface area contributed by atoms with Crippen LogP contribution in [0.25, 0.3) is 33.1 Å². The zero-order chi connectivity index (χ0) is 24.0. The highest BCUT2D eigenvalue weighted by molar-refractivity contribution is 7.90. The van der Waals surface area contributed by atoms with Crippen molar-refractivity contribution >= 4 is 37.8 Å². The third-order valence-corrected chi connectivity index (χ3v) is 7.72. The molecule has 0 bridgehead atoms. The molecule has 0 aliphatic rings. The summed E-state index contributed by atoms with van der Waals surface area (Å²) in [6, 6.07) is 23.3. The van der Waals surface area contributed by atoms with Crippen LogP contribution in [0.2, 0.25) is 0 Å².